The number of rotatable bonds is 5. The summed E-state index contributed by atoms with van der Waals surface area (Å²) in [4.78, 5) is 32.2. The van der Waals surface area contributed by atoms with Gasteiger partial charge in [-0.05, 0) is 42.3 Å². The van der Waals surface area contributed by atoms with E-state index in [1.165, 1.54) is 12.1 Å². The minimum absolute atomic E-state index is 0.118. The summed E-state index contributed by atoms with van der Waals surface area (Å²) in [5.74, 6) is -2.60. The Balaban J connectivity index is 1.29. The Morgan fingerprint density at radius 2 is 1.92 bits per heavy atom. The van der Waals surface area contributed by atoms with Crippen LogP contribution in [0.15, 0.2) is 53.5 Å². The molecule has 1 aliphatic rings. The average Bonchev–Trinajstić information content (AvgIpc) is 3.36. The Labute approximate surface area is 206 Å². The zero-order chi connectivity index (χ0) is 26.3. The third kappa shape index (κ3) is 4.96. The smallest absolute Gasteiger partial charge is 0.342 e. The van der Waals surface area contributed by atoms with Gasteiger partial charge in [0, 0.05) is 37.0 Å². The Morgan fingerprint density at radius 1 is 1.11 bits per heavy atom. The minimum Gasteiger partial charge on any atom is -0.342 e. The van der Waals surface area contributed by atoms with E-state index in [1.54, 1.807) is 46.3 Å². The number of carbonyl (C=O) groups is 1. The van der Waals surface area contributed by atoms with Crippen LogP contribution in [0.1, 0.15) is 28.0 Å². The number of benzene rings is 1. The zero-order valence-corrected chi connectivity index (χ0v) is 19.2. The third-order valence-electron chi connectivity index (χ3n) is 6.24. The van der Waals surface area contributed by atoms with Gasteiger partial charge in [-0.25, -0.2) is 9.37 Å². The minimum atomic E-state index is -4.59. The lowest BCUT2D eigenvalue weighted by Crippen LogP contribution is -2.34. The van der Waals surface area contributed by atoms with E-state index in [-0.39, 0.29) is 17.6 Å². The standard InChI is InChI=1S/C25H20F5N5O2/c26-20-15(3-6-18-21(20)33-24(37)19-2-1-9-35(18)19)12-34-10-7-14(8-11-34)16-4-5-17(32-22(16)27)23(36)31-13-25(28,29)30/h1-7,9H,8,10-13H2,(H,31,36)(H,33,37). The van der Waals surface area contributed by atoms with Gasteiger partial charge in [-0.1, -0.05) is 12.1 Å². The molecular formula is C25H20F5N5O2. The van der Waals surface area contributed by atoms with E-state index >= 15 is 4.39 Å². The fourth-order valence-corrected chi connectivity index (χ4v) is 4.42. The molecule has 1 amide bonds. The number of amides is 1. The number of hydrogen-bond acceptors (Lipinski definition) is 4. The maximum Gasteiger partial charge on any atom is 0.405 e. The fraction of sp³-hybridized carbons (Fsp3) is 0.240. The van der Waals surface area contributed by atoms with Gasteiger partial charge in [-0.3, -0.25) is 14.5 Å². The Hall–Kier alpha value is -4.06. The van der Waals surface area contributed by atoms with Crippen molar-refractivity contribution in [3.8, 4) is 0 Å². The zero-order valence-electron chi connectivity index (χ0n) is 19.2. The summed E-state index contributed by atoms with van der Waals surface area (Å²) in [6.07, 6.45) is -0.723. The molecule has 0 fully saturated rings. The molecule has 0 spiro atoms. The first kappa shape index (κ1) is 24.6. The molecule has 37 heavy (non-hydrogen) atoms. The monoisotopic (exact) mass is 517 g/mol. The molecule has 4 heterocycles. The van der Waals surface area contributed by atoms with Gasteiger partial charge in [0.25, 0.3) is 11.5 Å². The van der Waals surface area contributed by atoms with Gasteiger partial charge in [-0.15, -0.1) is 0 Å². The van der Waals surface area contributed by atoms with Crippen molar-refractivity contribution in [1.82, 2.24) is 24.6 Å². The van der Waals surface area contributed by atoms with Crippen molar-refractivity contribution in [3.05, 3.63) is 87.6 Å². The second-order valence-electron chi connectivity index (χ2n) is 8.70. The molecular weight excluding hydrogens is 497 g/mol. The number of nitrogens with one attached hydrogen (secondary N) is 2. The number of aromatic amines is 1. The van der Waals surface area contributed by atoms with Gasteiger partial charge in [0.05, 0.1) is 5.52 Å². The van der Waals surface area contributed by atoms with Crippen molar-refractivity contribution in [3.63, 3.8) is 0 Å². The normalized spacial score (nSPS) is 14.8. The molecule has 0 saturated heterocycles. The Bertz CT molecular complexity index is 1610. The number of H-pyrrole nitrogens is 1. The van der Waals surface area contributed by atoms with Crippen LogP contribution in [-0.4, -0.2) is 51.0 Å². The first-order valence-corrected chi connectivity index (χ1v) is 11.3. The molecule has 0 radical (unpaired) electrons. The number of halogens is 5. The summed E-state index contributed by atoms with van der Waals surface area (Å²) in [6.45, 7) is -0.421. The van der Waals surface area contributed by atoms with Gasteiger partial charge in [0.15, 0.2) is 5.82 Å². The van der Waals surface area contributed by atoms with E-state index in [0.29, 0.717) is 41.7 Å². The van der Waals surface area contributed by atoms with E-state index in [0.717, 1.165) is 0 Å². The number of carbonyl (C=O) groups excluding carboxylic acids is 1. The number of nitrogens with zero attached hydrogens (tertiary/aromatic N) is 3. The predicted octanol–water partition coefficient (Wildman–Crippen LogP) is 4.04. The number of hydrogen-bond donors (Lipinski definition) is 2. The first-order valence-electron chi connectivity index (χ1n) is 11.3. The third-order valence-corrected chi connectivity index (χ3v) is 6.24. The highest BCUT2D eigenvalue weighted by molar-refractivity contribution is 5.92. The van der Waals surface area contributed by atoms with Crippen molar-refractivity contribution in [2.24, 2.45) is 0 Å². The molecule has 7 nitrogen and oxygen atoms in total. The lowest BCUT2D eigenvalue weighted by Gasteiger charge is -2.27. The van der Waals surface area contributed by atoms with Crippen molar-refractivity contribution >= 4 is 28.0 Å². The predicted molar refractivity (Wildman–Crippen MR) is 126 cm³/mol. The van der Waals surface area contributed by atoms with Crippen LogP contribution in [0.4, 0.5) is 22.0 Å². The van der Waals surface area contributed by atoms with Crippen LogP contribution in [-0.2, 0) is 6.54 Å². The topological polar surface area (TPSA) is 82.5 Å². The highest BCUT2D eigenvalue weighted by Gasteiger charge is 2.28. The maximum absolute atomic E-state index is 15.3. The second-order valence-corrected chi connectivity index (χ2v) is 8.70. The molecule has 1 aliphatic heterocycles. The van der Waals surface area contributed by atoms with Gasteiger partial charge in [0.1, 0.15) is 23.3 Å². The molecule has 192 valence electrons. The molecule has 2 N–H and O–H groups in total. The number of fused-ring (bicyclic) bond motifs is 3. The summed E-state index contributed by atoms with van der Waals surface area (Å²) in [6, 6.07) is 9.26. The Kier molecular flexibility index (Phi) is 6.28. The Morgan fingerprint density at radius 3 is 2.62 bits per heavy atom. The number of pyridine rings is 1. The van der Waals surface area contributed by atoms with Gasteiger partial charge < -0.3 is 14.7 Å². The highest BCUT2D eigenvalue weighted by atomic mass is 19.4. The van der Waals surface area contributed by atoms with Crippen molar-refractivity contribution in [2.75, 3.05) is 19.6 Å². The molecule has 0 unspecified atom stereocenters. The maximum atomic E-state index is 15.3. The van der Waals surface area contributed by atoms with Crippen LogP contribution in [0.5, 0.6) is 0 Å². The van der Waals surface area contributed by atoms with Gasteiger partial charge >= 0.3 is 6.18 Å². The highest BCUT2D eigenvalue weighted by Crippen LogP contribution is 2.27. The average molecular weight is 517 g/mol. The van der Waals surface area contributed by atoms with E-state index in [2.05, 4.69) is 9.97 Å². The summed E-state index contributed by atoms with van der Waals surface area (Å²) in [5.41, 5.74) is 1.41. The lowest BCUT2D eigenvalue weighted by atomic mass is 10.00. The summed E-state index contributed by atoms with van der Waals surface area (Å²) >= 11 is 0. The van der Waals surface area contributed by atoms with Gasteiger partial charge in [-0.2, -0.15) is 17.6 Å². The second kappa shape index (κ2) is 9.43. The largest absolute Gasteiger partial charge is 0.405 e. The molecule has 0 atom stereocenters. The van der Waals surface area contributed by atoms with Crippen molar-refractivity contribution < 1.29 is 26.7 Å². The van der Waals surface area contributed by atoms with Crippen LogP contribution >= 0.6 is 0 Å². The first-order chi connectivity index (χ1) is 17.6. The van der Waals surface area contributed by atoms with Crippen LogP contribution < -0.4 is 10.9 Å². The van der Waals surface area contributed by atoms with E-state index in [1.807, 2.05) is 4.90 Å². The molecule has 0 bridgehead atoms. The van der Waals surface area contributed by atoms with E-state index in [4.69, 9.17) is 0 Å². The number of alkyl halides is 3. The molecule has 0 aliphatic carbocycles. The molecule has 4 aromatic rings. The fourth-order valence-electron chi connectivity index (χ4n) is 4.42. The molecule has 0 saturated carbocycles. The SMILES string of the molecule is O=C(NCC(F)(F)F)c1ccc(C2=CCN(Cc3ccc4c([nH]c(=O)c5cccn54)c3F)CC2)c(F)n1. The quantitative estimate of drug-likeness (QED) is 0.309. The van der Waals surface area contributed by atoms with Crippen molar-refractivity contribution in [2.45, 2.75) is 19.1 Å². The van der Waals surface area contributed by atoms with E-state index in [9.17, 15) is 27.2 Å². The summed E-state index contributed by atoms with van der Waals surface area (Å²) in [7, 11) is 0. The molecule has 5 rings (SSSR count). The van der Waals surface area contributed by atoms with Gasteiger partial charge in [0.2, 0.25) is 5.95 Å². The summed E-state index contributed by atoms with van der Waals surface area (Å²) in [5, 5.41) is 1.65. The lowest BCUT2D eigenvalue weighted by molar-refractivity contribution is -0.123. The van der Waals surface area contributed by atoms with Crippen LogP contribution in [0.2, 0.25) is 0 Å². The summed E-state index contributed by atoms with van der Waals surface area (Å²) < 4.78 is 68.3. The molecule has 3 aromatic heterocycles. The van der Waals surface area contributed by atoms with Crippen LogP contribution in [0, 0.1) is 11.8 Å². The van der Waals surface area contributed by atoms with Crippen LogP contribution in [0.25, 0.3) is 22.1 Å². The number of aromatic nitrogens is 3. The van der Waals surface area contributed by atoms with Crippen LogP contribution in [0.3, 0.4) is 0 Å². The molecule has 12 heteroatoms. The molecule has 1 aromatic carbocycles. The van der Waals surface area contributed by atoms with E-state index < -0.39 is 41.6 Å². The van der Waals surface area contributed by atoms with Crippen molar-refractivity contribution in [1.29, 1.82) is 0 Å².